The number of carbonyl (C=O) groups is 2. The molecule has 2 aromatic carbocycles. The monoisotopic (exact) mass is 412 g/mol. The van der Waals surface area contributed by atoms with Crippen molar-refractivity contribution in [2.45, 2.75) is 64.6 Å². The zero-order chi connectivity index (χ0) is 21.4. The van der Waals surface area contributed by atoms with Crippen LogP contribution in [0.25, 0.3) is 0 Å². The Hall–Kier alpha value is -2.27. The molecule has 0 saturated carbocycles. The molecule has 2 atom stereocenters. The molecule has 2 amide bonds. The van der Waals surface area contributed by atoms with E-state index in [0.717, 1.165) is 16.9 Å². The predicted octanol–water partition coefficient (Wildman–Crippen LogP) is 4.73. The van der Waals surface area contributed by atoms with Crippen molar-refractivity contribution in [2.24, 2.45) is 0 Å². The highest BCUT2D eigenvalue weighted by atomic mass is 32.2. The van der Waals surface area contributed by atoms with Crippen molar-refractivity contribution >= 4 is 23.6 Å². The van der Waals surface area contributed by atoms with Gasteiger partial charge in [0.15, 0.2) is 0 Å². The van der Waals surface area contributed by atoms with Crippen molar-refractivity contribution in [3.63, 3.8) is 0 Å². The Labute approximate surface area is 179 Å². The maximum Gasteiger partial charge on any atom is 0.242 e. The van der Waals surface area contributed by atoms with E-state index in [9.17, 15) is 9.59 Å². The van der Waals surface area contributed by atoms with Crippen LogP contribution < -0.4 is 5.32 Å². The van der Waals surface area contributed by atoms with Gasteiger partial charge < -0.3 is 10.2 Å². The number of nitrogens with zero attached hydrogens (tertiary/aromatic N) is 1. The molecule has 2 rings (SSSR count). The number of thioether (sulfide) groups is 1. The third-order valence-corrected chi connectivity index (χ3v) is 6.02. The first-order chi connectivity index (χ1) is 13.8. The van der Waals surface area contributed by atoms with Gasteiger partial charge in [-0.2, -0.15) is 0 Å². The number of carbonyl (C=O) groups excluding carboxylic acids is 2. The summed E-state index contributed by atoms with van der Waals surface area (Å²) in [6.45, 7) is 10.3. The van der Waals surface area contributed by atoms with Gasteiger partial charge in [-0.1, -0.05) is 54.4 Å². The van der Waals surface area contributed by atoms with E-state index in [4.69, 9.17) is 0 Å². The molecule has 29 heavy (non-hydrogen) atoms. The van der Waals surface area contributed by atoms with Gasteiger partial charge in [0, 0.05) is 17.5 Å². The van der Waals surface area contributed by atoms with Crippen molar-refractivity contribution in [1.82, 2.24) is 10.2 Å². The molecule has 0 aliphatic carbocycles. The fraction of sp³-hybridized carbons (Fsp3) is 0.417. The topological polar surface area (TPSA) is 49.4 Å². The Morgan fingerprint density at radius 2 is 1.52 bits per heavy atom. The number of rotatable bonds is 9. The van der Waals surface area contributed by atoms with Gasteiger partial charge in [0.2, 0.25) is 11.8 Å². The zero-order valence-electron chi connectivity index (χ0n) is 18.1. The molecule has 0 radical (unpaired) electrons. The molecule has 0 aliphatic rings. The fourth-order valence-electron chi connectivity index (χ4n) is 2.80. The molecular formula is C24H32N2O2S. The SMILES string of the molecule is CCC(C)NC(=O)C(C)N(Cc1ccc(C)cc1)C(=O)CSc1ccc(C)cc1. The van der Waals surface area contributed by atoms with Crippen molar-refractivity contribution in [3.8, 4) is 0 Å². The lowest BCUT2D eigenvalue weighted by atomic mass is 10.1. The number of benzene rings is 2. The van der Waals surface area contributed by atoms with E-state index >= 15 is 0 Å². The predicted molar refractivity (Wildman–Crippen MR) is 121 cm³/mol. The summed E-state index contributed by atoms with van der Waals surface area (Å²) in [6.07, 6.45) is 0.855. The van der Waals surface area contributed by atoms with Crippen molar-refractivity contribution in [2.75, 3.05) is 5.75 Å². The summed E-state index contributed by atoms with van der Waals surface area (Å²) in [6, 6.07) is 15.8. The third-order valence-electron chi connectivity index (χ3n) is 5.03. The van der Waals surface area contributed by atoms with Gasteiger partial charge in [0.05, 0.1) is 5.75 Å². The lowest BCUT2D eigenvalue weighted by Crippen LogP contribution is -2.50. The minimum Gasteiger partial charge on any atom is -0.352 e. The Bertz CT molecular complexity index is 803. The normalized spacial score (nSPS) is 12.9. The largest absolute Gasteiger partial charge is 0.352 e. The maximum absolute atomic E-state index is 13.1. The molecule has 5 heteroatoms. The number of amides is 2. The first kappa shape index (κ1) is 23.0. The van der Waals surface area contributed by atoms with Gasteiger partial charge in [-0.05, 0) is 51.8 Å². The molecule has 0 aliphatic heterocycles. The first-order valence-corrected chi connectivity index (χ1v) is 11.1. The Morgan fingerprint density at radius 3 is 2.07 bits per heavy atom. The highest BCUT2D eigenvalue weighted by Gasteiger charge is 2.26. The molecule has 156 valence electrons. The number of aryl methyl sites for hydroxylation is 2. The third kappa shape index (κ3) is 7.24. The lowest BCUT2D eigenvalue weighted by molar-refractivity contribution is -0.138. The van der Waals surface area contributed by atoms with Crippen LogP contribution >= 0.6 is 11.8 Å². The summed E-state index contributed by atoms with van der Waals surface area (Å²) in [5.74, 6) is 0.152. The van der Waals surface area contributed by atoms with Gasteiger partial charge in [-0.3, -0.25) is 9.59 Å². The average Bonchev–Trinajstić information content (AvgIpc) is 2.72. The molecule has 2 unspecified atom stereocenters. The molecule has 0 aromatic heterocycles. The Kier molecular flexibility index (Phi) is 8.77. The molecule has 0 fully saturated rings. The molecule has 4 nitrogen and oxygen atoms in total. The van der Waals surface area contributed by atoms with Gasteiger partial charge in [0.25, 0.3) is 0 Å². The molecule has 0 heterocycles. The minimum absolute atomic E-state index is 0.0389. The van der Waals surface area contributed by atoms with Crippen LogP contribution in [0.15, 0.2) is 53.4 Å². The highest BCUT2D eigenvalue weighted by molar-refractivity contribution is 8.00. The Morgan fingerprint density at radius 1 is 0.966 bits per heavy atom. The second kappa shape index (κ2) is 11.1. The average molecular weight is 413 g/mol. The molecule has 0 saturated heterocycles. The van der Waals surface area contributed by atoms with E-state index in [-0.39, 0.29) is 17.9 Å². The second-order valence-corrected chi connectivity index (χ2v) is 8.65. The Balaban J connectivity index is 2.13. The van der Waals surface area contributed by atoms with Crippen molar-refractivity contribution in [3.05, 3.63) is 65.2 Å². The first-order valence-electron chi connectivity index (χ1n) is 10.1. The van der Waals surface area contributed by atoms with Crippen molar-refractivity contribution < 1.29 is 9.59 Å². The van der Waals surface area contributed by atoms with Crippen LogP contribution in [0, 0.1) is 13.8 Å². The van der Waals surface area contributed by atoms with Crippen LogP contribution in [0.5, 0.6) is 0 Å². The summed E-state index contributed by atoms with van der Waals surface area (Å²) in [7, 11) is 0. The van der Waals surface area contributed by atoms with E-state index in [1.54, 1.807) is 11.8 Å². The number of hydrogen-bond acceptors (Lipinski definition) is 3. The molecule has 0 bridgehead atoms. The van der Waals surface area contributed by atoms with Crippen LogP contribution in [-0.4, -0.2) is 34.6 Å². The van der Waals surface area contributed by atoms with E-state index in [0.29, 0.717) is 12.3 Å². The fourth-order valence-corrected chi connectivity index (χ4v) is 3.59. The quantitative estimate of drug-likeness (QED) is 0.606. The van der Waals surface area contributed by atoms with Crippen molar-refractivity contribution in [1.29, 1.82) is 0 Å². The smallest absolute Gasteiger partial charge is 0.242 e. The van der Waals surface area contributed by atoms with Gasteiger partial charge >= 0.3 is 0 Å². The summed E-state index contributed by atoms with van der Waals surface area (Å²) in [4.78, 5) is 28.5. The van der Waals surface area contributed by atoms with Gasteiger partial charge in [-0.15, -0.1) is 11.8 Å². The number of hydrogen-bond donors (Lipinski definition) is 1. The highest BCUT2D eigenvalue weighted by Crippen LogP contribution is 2.20. The van der Waals surface area contributed by atoms with E-state index in [1.807, 2.05) is 76.2 Å². The van der Waals surface area contributed by atoms with E-state index in [1.165, 1.54) is 22.9 Å². The van der Waals surface area contributed by atoms with Crippen LogP contribution in [0.1, 0.15) is 43.9 Å². The standard InChI is InChI=1S/C24H32N2O2S/c1-6-19(4)25-24(28)20(5)26(15-21-11-7-17(2)8-12-21)23(27)16-29-22-13-9-18(3)10-14-22/h7-14,19-20H,6,15-16H2,1-5H3,(H,25,28). The van der Waals surface area contributed by atoms with Gasteiger partial charge in [-0.25, -0.2) is 0 Å². The number of nitrogens with one attached hydrogen (secondary N) is 1. The summed E-state index contributed by atoms with van der Waals surface area (Å²) in [5.41, 5.74) is 3.38. The summed E-state index contributed by atoms with van der Waals surface area (Å²) < 4.78 is 0. The molecule has 0 spiro atoms. The lowest BCUT2D eigenvalue weighted by Gasteiger charge is -2.29. The van der Waals surface area contributed by atoms with Crippen LogP contribution in [-0.2, 0) is 16.1 Å². The summed E-state index contributed by atoms with van der Waals surface area (Å²) >= 11 is 1.50. The van der Waals surface area contributed by atoms with Crippen LogP contribution in [0.3, 0.4) is 0 Å². The molecule has 1 N–H and O–H groups in total. The van der Waals surface area contributed by atoms with E-state index < -0.39 is 6.04 Å². The minimum atomic E-state index is -0.531. The summed E-state index contributed by atoms with van der Waals surface area (Å²) in [5, 5.41) is 3.00. The van der Waals surface area contributed by atoms with Crippen LogP contribution in [0.2, 0.25) is 0 Å². The van der Waals surface area contributed by atoms with Gasteiger partial charge in [0.1, 0.15) is 6.04 Å². The molecule has 2 aromatic rings. The van der Waals surface area contributed by atoms with Crippen LogP contribution in [0.4, 0.5) is 0 Å². The zero-order valence-corrected chi connectivity index (χ0v) is 18.9. The molecular weight excluding hydrogens is 380 g/mol. The second-order valence-electron chi connectivity index (χ2n) is 7.60. The van der Waals surface area contributed by atoms with E-state index in [2.05, 4.69) is 5.32 Å². The maximum atomic E-state index is 13.1.